The Balaban J connectivity index is 2.86. The minimum Gasteiger partial charge on any atom is -0.390 e. The summed E-state index contributed by atoms with van der Waals surface area (Å²) in [5.74, 6) is 0. The van der Waals surface area contributed by atoms with Crippen molar-refractivity contribution < 1.29 is 9.84 Å². The van der Waals surface area contributed by atoms with Gasteiger partial charge in [0.05, 0.1) is 12.2 Å². The molecule has 1 aromatic rings. The minimum absolute atomic E-state index is 0.0636. The third-order valence-corrected chi connectivity index (χ3v) is 3.39. The van der Waals surface area contributed by atoms with Crippen LogP contribution in [-0.2, 0) is 11.2 Å². The first-order valence-electron chi connectivity index (χ1n) is 6.52. The van der Waals surface area contributed by atoms with Gasteiger partial charge in [-0.1, -0.05) is 44.5 Å². The molecule has 1 rings (SSSR count). The second-order valence-electron chi connectivity index (χ2n) is 6.22. The van der Waals surface area contributed by atoms with E-state index in [1.54, 1.807) is 7.11 Å². The maximum Gasteiger partial charge on any atom is 0.0881 e. The van der Waals surface area contributed by atoms with Crippen molar-refractivity contribution in [3.63, 3.8) is 0 Å². The Labute approximate surface area is 111 Å². The molecule has 1 N–H and O–H groups in total. The van der Waals surface area contributed by atoms with Crippen LogP contribution in [0.2, 0.25) is 0 Å². The topological polar surface area (TPSA) is 29.5 Å². The van der Waals surface area contributed by atoms with Gasteiger partial charge in [0, 0.05) is 13.5 Å². The van der Waals surface area contributed by atoms with Gasteiger partial charge in [-0.3, -0.25) is 0 Å². The second kappa shape index (κ2) is 5.85. The third kappa shape index (κ3) is 3.82. The molecule has 0 heterocycles. The van der Waals surface area contributed by atoms with Crippen LogP contribution in [0.3, 0.4) is 0 Å². The SMILES string of the molecule is COC(C(O)Cc1cc(C)ccc1C)C(C)(C)C. The summed E-state index contributed by atoms with van der Waals surface area (Å²) in [4.78, 5) is 0. The molecule has 0 aliphatic heterocycles. The van der Waals surface area contributed by atoms with Crippen LogP contribution in [0, 0.1) is 19.3 Å². The fourth-order valence-electron chi connectivity index (χ4n) is 2.44. The molecule has 0 radical (unpaired) electrons. The fourth-order valence-corrected chi connectivity index (χ4v) is 2.44. The number of aliphatic hydroxyl groups excluding tert-OH is 1. The number of rotatable bonds is 4. The Hall–Kier alpha value is -0.860. The van der Waals surface area contributed by atoms with E-state index in [0.717, 1.165) is 0 Å². The number of hydrogen-bond acceptors (Lipinski definition) is 2. The zero-order valence-corrected chi connectivity index (χ0v) is 12.4. The van der Waals surface area contributed by atoms with E-state index in [2.05, 4.69) is 52.8 Å². The van der Waals surface area contributed by atoms with Gasteiger partial charge in [0.25, 0.3) is 0 Å². The average Bonchev–Trinajstić information content (AvgIpc) is 2.22. The highest BCUT2D eigenvalue weighted by Crippen LogP contribution is 2.26. The van der Waals surface area contributed by atoms with E-state index in [-0.39, 0.29) is 11.5 Å². The molecule has 0 fully saturated rings. The first kappa shape index (κ1) is 15.2. The van der Waals surface area contributed by atoms with Crippen molar-refractivity contribution in [2.45, 2.75) is 53.2 Å². The molecule has 0 aliphatic rings. The Morgan fingerprint density at radius 1 is 1.22 bits per heavy atom. The fraction of sp³-hybridized carbons (Fsp3) is 0.625. The van der Waals surface area contributed by atoms with Gasteiger partial charge in [0.15, 0.2) is 0 Å². The Bertz CT molecular complexity index is 391. The molecule has 0 aliphatic carbocycles. The van der Waals surface area contributed by atoms with E-state index in [1.807, 2.05) is 0 Å². The largest absolute Gasteiger partial charge is 0.390 e. The smallest absolute Gasteiger partial charge is 0.0881 e. The van der Waals surface area contributed by atoms with Crippen molar-refractivity contribution in [1.29, 1.82) is 0 Å². The van der Waals surface area contributed by atoms with Gasteiger partial charge in [-0.2, -0.15) is 0 Å². The van der Waals surface area contributed by atoms with Gasteiger partial charge in [-0.25, -0.2) is 0 Å². The van der Waals surface area contributed by atoms with Gasteiger partial charge < -0.3 is 9.84 Å². The van der Waals surface area contributed by atoms with Gasteiger partial charge in [-0.05, 0) is 30.4 Å². The minimum atomic E-state index is -0.476. The summed E-state index contributed by atoms with van der Waals surface area (Å²) in [7, 11) is 1.67. The maximum atomic E-state index is 10.4. The maximum absolute atomic E-state index is 10.4. The molecule has 0 saturated heterocycles. The van der Waals surface area contributed by atoms with Crippen molar-refractivity contribution in [2.24, 2.45) is 5.41 Å². The molecule has 2 heteroatoms. The summed E-state index contributed by atoms with van der Waals surface area (Å²) in [5.41, 5.74) is 3.59. The Kier molecular flexibility index (Phi) is 4.94. The zero-order valence-electron chi connectivity index (χ0n) is 12.4. The molecule has 2 unspecified atom stereocenters. The zero-order chi connectivity index (χ0) is 13.9. The standard InChI is InChI=1S/C16H26O2/c1-11-7-8-12(2)13(9-11)10-14(17)15(18-6)16(3,4)5/h7-9,14-15,17H,10H2,1-6H3. The van der Waals surface area contributed by atoms with Gasteiger partial charge >= 0.3 is 0 Å². The lowest BCUT2D eigenvalue weighted by Gasteiger charge is -2.33. The number of aryl methyl sites for hydroxylation is 2. The normalized spacial score (nSPS) is 15.5. The molecule has 18 heavy (non-hydrogen) atoms. The van der Waals surface area contributed by atoms with Crippen LogP contribution in [0.5, 0.6) is 0 Å². The van der Waals surface area contributed by atoms with Gasteiger partial charge in [-0.15, -0.1) is 0 Å². The first-order chi connectivity index (χ1) is 8.25. The summed E-state index contributed by atoms with van der Waals surface area (Å²) in [6, 6.07) is 6.35. The number of ether oxygens (including phenoxy) is 1. The van der Waals surface area contributed by atoms with Crippen LogP contribution in [0.25, 0.3) is 0 Å². The molecular formula is C16H26O2. The predicted octanol–water partition coefficient (Wildman–Crippen LogP) is 3.27. The number of aliphatic hydroxyl groups is 1. The summed E-state index contributed by atoms with van der Waals surface area (Å²) < 4.78 is 5.47. The Morgan fingerprint density at radius 3 is 2.33 bits per heavy atom. The predicted molar refractivity (Wildman–Crippen MR) is 75.9 cm³/mol. The molecule has 1 aromatic carbocycles. The molecule has 102 valence electrons. The van der Waals surface area contributed by atoms with E-state index in [4.69, 9.17) is 4.74 Å². The van der Waals surface area contributed by atoms with Crippen molar-refractivity contribution in [1.82, 2.24) is 0 Å². The van der Waals surface area contributed by atoms with Crippen molar-refractivity contribution in [3.05, 3.63) is 34.9 Å². The van der Waals surface area contributed by atoms with Crippen LogP contribution in [0.15, 0.2) is 18.2 Å². The third-order valence-electron chi connectivity index (χ3n) is 3.39. The van der Waals surface area contributed by atoms with E-state index in [1.165, 1.54) is 16.7 Å². The second-order valence-corrected chi connectivity index (χ2v) is 6.22. The molecule has 2 atom stereocenters. The van der Waals surface area contributed by atoms with Crippen LogP contribution in [0.1, 0.15) is 37.5 Å². The lowest BCUT2D eigenvalue weighted by Crippen LogP contribution is -2.40. The van der Waals surface area contributed by atoms with Crippen LogP contribution in [0.4, 0.5) is 0 Å². The average molecular weight is 250 g/mol. The van der Waals surface area contributed by atoms with Crippen LogP contribution in [-0.4, -0.2) is 24.4 Å². The molecule has 0 aromatic heterocycles. The number of benzene rings is 1. The lowest BCUT2D eigenvalue weighted by molar-refractivity contribution is -0.0699. The molecule has 0 bridgehead atoms. The van der Waals surface area contributed by atoms with Crippen molar-refractivity contribution in [3.8, 4) is 0 Å². The van der Waals surface area contributed by atoms with Crippen molar-refractivity contribution >= 4 is 0 Å². The van der Waals surface area contributed by atoms with Crippen molar-refractivity contribution in [2.75, 3.05) is 7.11 Å². The van der Waals surface area contributed by atoms with Gasteiger partial charge in [0.1, 0.15) is 0 Å². The molecule has 2 nitrogen and oxygen atoms in total. The number of methoxy groups -OCH3 is 1. The quantitative estimate of drug-likeness (QED) is 0.888. The Morgan fingerprint density at radius 2 is 1.83 bits per heavy atom. The summed E-state index contributed by atoms with van der Waals surface area (Å²) >= 11 is 0. The highest BCUT2D eigenvalue weighted by atomic mass is 16.5. The lowest BCUT2D eigenvalue weighted by atomic mass is 9.83. The van der Waals surface area contributed by atoms with E-state index in [0.29, 0.717) is 6.42 Å². The summed E-state index contributed by atoms with van der Waals surface area (Å²) in [6.45, 7) is 10.4. The highest BCUT2D eigenvalue weighted by molar-refractivity contribution is 5.31. The van der Waals surface area contributed by atoms with Crippen LogP contribution < -0.4 is 0 Å². The first-order valence-corrected chi connectivity index (χ1v) is 6.52. The van der Waals surface area contributed by atoms with E-state index < -0.39 is 6.10 Å². The monoisotopic (exact) mass is 250 g/mol. The molecule has 0 saturated carbocycles. The van der Waals surface area contributed by atoms with Crippen LogP contribution >= 0.6 is 0 Å². The molecular weight excluding hydrogens is 224 g/mol. The van der Waals surface area contributed by atoms with Gasteiger partial charge in [0.2, 0.25) is 0 Å². The molecule has 0 spiro atoms. The highest BCUT2D eigenvalue weighted by Gasteiger charge is 2.31. The number of hydrogen-bond donors (Lipinski definition) is 1. The molecule has 0 amide bonds. The van der Waals surface area contributed by atoms with E-state index >= 15 is 0 Å². The van der Waals surface area contributed by atoms with E-state index in [9.17, 15) is 5.11 Å². The summed E-state index contributed by atoms with van der Waals surface area (Å²) in [5, 5.41) is 10.4. The summed E-state index contributed by atoms with van der Waals surface area (Å²) in [6.07, 6.45) is 0.0106.